The second-order valence-electron chi connectivity index (χ2n) is 9.74. The highest BCUT2D eigenvalue weighted by Gasteiger charge is 2.29. The lowest BCUT2D eigenvalue weighted by molar-refractivity contribution is 0.463. The zero-order valence-corrected chi connectivity index (χ0v) is 25.3. The van der Waals surface area contributed by atoms with Gasteiger partial charge in [-0.25, -0.2) is 8.42 Å². The van der Waals surface area contributed by atoms with Crippen molar-refractivity contribution < 1.29 is 13.0 Å². The van der Waals surface area contributed by atoms with Crippen LogP contribution >= 0.6 is 0 Å². The van der Waals surface area contributed by atoms with Gasteiger partial charge < -0.3 is 19.3 Å². The van der Waals surface area contributed by atoms with Gasteiger partial charge in [-0.2, -0.15) is 0 Å². The van der Waals surface area contributed by atoms with Crippen molar-refractivity contribution in [1.29, 1.82) is 0 Å². The van der Waals surface area contributed by atoms with E-state index in [1.807, 2.05) is 6.92 Å². The Labute approximate surface area is 236 Å². The number of benzene rings is 4. The molecule has 6 nitrogen and oxygen atoms in total. The maximum Gasteiger partial charge on any atom is 0.166 e. The second kappa shape index (κ2) is 13.1. The van der Waals surface area contributed by atoms with Crippen LogP contribution in [-0.4, -0.2) is 55.3 Å². The van der Waals surface area contributed by atoms with Gasteiger partial charge in [-0.05, 0) is 91.9 Å². The van der Waals surface area contributed by atoms with Crippen molar-refractivity contribution in [3.63, 3.8) is 0 Å². The highest BCUT2D eigenvalue weighted by Crippen LogP contribution is 2.34. The minimum Gasteiger partial charge on any atom is -0.744 e. The van der Waals surface area contributed by atoms with Crippen molar-refractivity contribution >= 4 is 38.1 Å². The molecule has 0 fully saturated rings. The lowest BCUT2D eigenvalue weighted by atomic mass is 10.2. The largest absolute Gasteiger partial charge is 0.744 e. The molecule has 0 aliphatic heterocycles. The van der Waals surface area contributed by atoms with Crippen molar-refractivity contribution in [2.75, 3.05) is 57.0 Å². The van der Waals surface area contributed by atoms with Gasteiger partial charge in [-0.3, -0.25) is 0 Å². The van der Waals surface area contributed by atoms with E-state index in [2.05, 4.69) is 130 Å². The Hall–Kier alpha value is -3.46. The van der Waals surface area contributed by atoms with Gasteiger partial charge in [0.15, 0.2) is 14.7 Å². The van der Waals surface area contributed by atoms with E-state index >= 15 is 0 Å². The summed E-state index contributed by atoms with van der Waals surface area (Å²) in [4.78, 5) is 10.2. The molecule has 0 atom stereocenters. The molecule has 0 aromatic heterocycles. The van der Waals surface area contributed by atoms with Crippen molar-refractivity contribution in [2.45, 2.75) is 26.5 Å². The number of nitrogens with zero attached hydrogens (tertiary/aromatic N) is 3. The van der Waals surface area contributed by atoms with Gasteiger partial charge in [-0.15, -0.1) is 0 Å². The molecule has 206 valence electrons. The predicted octanol–water partition coefficient (Wildman–Crippen LogP) is 5.88. The summed E-state index contributed by atoms with van der Waals surface area (Å²) in [5.41, 5.74) is 4.59. The monoisotopic (exact) mass is 563 g/mol. The molecule has 39 heavy (non-hydrogen) atoms. The lowest BCUT2D eigenvalue weighted by Crippen LogP contribution is -2.11. The van der Waals surface area contributed by atoms with Crippen LogP contribution < -0.4 is 14.7 Å². The molecule has 8 heteroatoms. The van der Waals surface area contributed by atoms with E-state index in [4.69, 9.17) is 0 Å². The first kappa shape index (κ1) is 30.1. The Kier molecular flexibility index (Phi) is 10.1. The molecular formula is C31H37N3O3S2. The van der Waals surface area contributed by atoms with Crippen molar-refractivity contribution in [1.82, 2.24) is 0 Å². The quantitative estimate of drug-likeness (QED) is 0.207. The van der Waals surface area contributed by atoms with Gasteiger partial charge in [0, 0.05) is 59.3 Å². The molecular weight excluding hydrogens is 526 g/mol. The predicted molar refractivity (Wildman–Crippen MR) is 164 cm³/mol. The Balaban J connectivity index is 0.000000320. The van der Waals surface area contributed by atoms with Gasteiger partial charge in [0.2, 0.25) is 0 Å². The fourth-order valence-electron chi connectivity index (χ4n) is 3.75. The Morgan fingerprint density at radius 1 is 0.513 bits per heavy atom. The van der Waals surface area contributed by atoms with E-state index in [1.165, 1.54) is 43.9 Å². The van der Waals surface area contributed by atoms with Crippen molar-refractivity contribution in [3.8, 4) is 0 Å². The molecule has 0 unspecified atom stereocenters. The average Bonchev–Trinajstić information content (AvgIpc) is 2.90. The molecule has 0 N–H and O–H groups in total. The molecule has 4 aromatic rings. The molecule has 4 aromatic carbocycles. The van der Waals surface area contributed by atoms with Crippen LogP contribution in [0.2, 0.25) is 0 Å². The topological polar surface area (TPSA) is 66.9 Å². The minimum atomic E-state index is -4.27. The van der Waals surface area contributed by atoms with Crippen LogP contribution in [0.4, 0.5) is 17.1 Å². The van der Waals surface area contributed by atoms with Gasteiger partial charge in [0.25, 0.3) is 0 Å². The fourth-order valence-corrected chi connectivity index (χ4v) is 6.26. The minimum absolute atomic E-state index is 0.135. The number of anilines is 3. The molecule has 4 rings (SSSR count). The number of hydrogen-bond donors (Lipinski definition) is 0. The van der Waals surface area contributed by atoms with Crippen LogP contribution in [0.15, 0.2) is 117 Å². The molecule has 0 aliphatic carbocycles. The van der Waals surface area contributed by atoms with Crippen LogP contribution in [0.1, 0.15) is 5.56 Å². The van der Waals surface area contributed by atoms with Crippen LogP contribution in [0.5, 0.6) is 0 Å². The standard InChI is InChI=1S/C24H30N3S.C7H8O3S/c1-25(2)19-7-13-22(14-8-19)28(23-15-9-20(10-16-23)26(3)4)24-17-11-21(12-18-24)27(5)6;1-6-2-4-7(5-3-6)11(8,9)10/h7-18H,1-6H3;2-5H,1H3,(H,8,9,10)/q+1;/p-1. The van der Waals surface area contributed by atoms with Crippen molar-refractivity contribution in [3.05, 3.63) is 103 Å². The molecule has 0 radical (unpaired) electrons. The second-order valence-corrected chi connectivity index (χ2v) is 13.1. The van der Waals surface area contributed by atoms with Gasteiger partial charge in [0.1, 0.15) is 10.1 Å². The van der Waals surface area contributed by atoms with E-state index in [9.17, 15) is 13.0 Å². The van der Waals surface area contributed by atoms with Gasteiger partial charge in [0.05, 0.1) is 15.8 Å². The summed E-state index contributed by atoms with van der Waals surface area (Å²) in [5.74, 6) is 0. The normalized spacial score (nSPS) is 11.0. The summed E-state index contributed by atoms with van der Waals surface area (Å²) in [5, 5.41) is 0. The third-order valence-corrected chi connectivity index (χ3v) is 9.16. The van der Waals surface area contributed by atoms with Crippen LogP contribution in [0.25, 0.3) is 0 Å². The first-order valence-electron chi connectivity index (χ1n) is 12.5. The molecule has 0 aliphatic rings. The van der Waals surface area contributed by atoms with E-state index in [0.717, 1.165) is 5.56 Å². The number of aryl methyl sites for hydroxylation is 1. The molecule has 0 bridgehead atoms. The third kappa shape index (κ3) is 8.26. The summed E-state index contributed by atoms with van der Waals surface area (Å²) in [7, 11) is 8.06. The van der Waals surface area contributed by atoms with Gasteiger partial charge in [-0.1, -0.05) is 17.7 Å². The molecule has 0 heterocycles. The molecule has 0 saturated carbocycles. The van der Waals surface area contributed by atoms with E-state index in [1.54, 1.807) is 12.1 Å². The van der Waals surface area contributed by atoms with E-state index in [0.29, 0.717) is 0 Å². The summed E-state index contributed by atoms with van der Waals surface area (Å²) in [6.45, 7) is 1.82. The average molecular weight is 564 g/mol. The summed E-state index contributed by atoms with van der Waals surface area (Å²) >= 11 is 0. The molecule has 0 saturated heterocycles. The fraction of sp³-hybridized carbons (Fsp3) is 0.226. The summed E-state index contributed by atoms with van der Waals surface area (Å²) in [6.07, 6.45) is 0. The SMILES string of the molecule is CN(C)c1ccc([S+](c2ccc(N(C)C)cc2)c2ccc(N(C)C)cc2)cc1.Cc1ccc(S(=O)(=O)[O-])cc1. The van der Waals surface area contributed by atoms with Crippen LogP contribution in [0, 0.1) is 6.92 Å². The first-order chi connectivity index (χ1) is 18.4. The Bertz CT molecular complexity index is 1310. The third-order valence-electron chi connectivity index (χ3n) is 6.08. The Morgan fingerprint density at radius 3 is 1.03 bits per heavy atom. The zero-order chi connectivity index (χ0) is 28.7. The summed E-state index contributed by atoms with van der Waals surface area (Å²) < 4.78 is 31.2. The maximum atomic E-state index is 10.4. The maximum absolute atomic E-state index is 10.4. The highest BCUT2D eigenvalue weighted by molar-refractivity contribution is 7.97. The first-order valence-corrected chi connectivity index (χ1v) is 15.1. The molecule has 0 amide bonds. The number of hydrogen-bond acceptors (Lipinski definition) is 6. The van der Waals surface area contributed by atoms with Crippen LogP contribution in [0.3, 0.4) is 0 Å². The summed E-state index contributed by atoms with van der Waals surface area (Å²) in [6, 6.07) is 32.6. The van der Waals surface area contributed by atoms with Crippen molar-refractivity contribution in [2.24, 2.45) is 0 Å². The van der Waals surface area contributed by atoms with Crippen LogP contribution in [-0.2, 0) is 21.0 Å². The Morgan fingerprint density at radius 2 is 0.795 bits per heavy atom. The zero-order valence-electron chi connectivity index (χ0n) is 23.6. The van der Waals surface area contributed by atoms with E-state index < -0.39 is 10.1 Å². The highest BCUT2D eigenvalue weighted by atomic mass is 32.2. The van der Waals surface area contributed by atoms with Gasteiger partial charge >= 0.3 is 0 Å². The molecule has 0 spiro atoms. The smallest absolute Gasteiger partial charge is 0.166 e. The lowest BCUT2D eigenvalue weighted by Gasteiger charge is -2.16. The number of rotatable bonds is 7. The van der Waals surface area contributed by atoms with E-state index in [-0.39, 0.29) is 15.8 Å².